The lowest BCUT2D eigenvalue weighted by molar-refractivity contribution is 0.0653. The molecule has 2 aromatic heterocycles. The Balaban J connectivity index is 1.53. The summed E-state index contributed by atoms with van der Waals surface area (Å²) in [6.07, 6.45) is 2.75. The van der Waals surface area contributed by atoms with Gasteiger partial charge in [0.15, 0.2) is 0 Å². The van der Waals surface area contributed by atoms with Crippen LogP contribution in [0.5, 0.6) is 0 Å². The Morgan fingerprint density at radius 1 is 1.28 bits per heavy atom. The van der Waals surface area contributed by atoms with Crippen LogP contribution in [0.25, 0.3) is 11.0 Å². The topological polar surface area (TPSA) is 64.2 Å². The highest BCUT2D eigenvalue weighted by Gasteiger charge is 2.28. The predicted molar refractivity (Wildman–Crippen MR) is 94.5 cm³/mol. The van der Waals surface area contributed by atoms with Gasteiger partial charge in [-0.1, -0.05) is 24.2 Å². The highest BCUT2D eigenvalue weighted by Crippen LogP contribution is 2.29. The SMILES string of the molecule is CCc1nc2ccccc2n1C1CCN(C(=O)c2cc(C)no2)CC1. The molecule has 0 N–H and O–H groups in total. The van der Waals surface area contributed by atoms with Gasteiger partial charge in [0.25, 0.3) is 5.91 Å². The molecule has 0 spiro atoms. The standard InChI is InChI=1S/C19H22N4O2/c1-3-18-20-15-6-4-5-7-16(15)23(18)14-8-10-22(11-9-14)19(24)17-12-13(2)21-25-17/h4-7,12,14H,3,8-11H2,1-2H3. The van der Waals surface area contributed by atoms with Crippen LogP contribution in [-0.2, 0) is 6.42 Å². The number of hydrogen-bond donors (Lipinski definition) is 0. The summed E-state index contributed by atoms with van der Waals surface area (Å²) in [6.45, 7) is 5.41. The summed E-state index contributed by atoms with van der Waals surface area (Å²) in [4.78, 5) is 19.1. The fourth-order valence-electron chi connectivity index (χ4n) is 3.70. The van der Waals surface area contributed by atoms with Crippen LogP contribution in [0.15, 0.2) is 34.9 Å². The Labute approximate surface area is 146 Å². The van der Waals surface area contributed by atoms with E-state index in [1.54, 1.807) is 6.07 Å². The molecule has 0 aliphatic carbocycles. The van der Waals surface area contributed by atoms with E-state index in [1.165, 1.54) is 5.52 Å². The van der Waals surface area contributed by atoms with Gasteiger partial charge in [-0.25, -0.2) is 4.98 Å². The van der Waals surface area contributed by atoms with Gasteiger partial charge in [-0.15, -0.1) is 0 Å². The van der Waals surface area contributed by atoms with Crippen LogP contribution < -0.4 is 0 Å². The first-order chi connectivity index (χ1) is 12.2. The molecule has 130 valence electrons. The van der Waals surface area contributed by atoms with Gasteiger partial charge in [0, 0.05) is 31.6 Å². The average Bonchev–Trinajstić information content (AvgIpc) is 3.24. The number of hydrogen-bond acceptors (Lipinski definition) is 4. The number of para-hydroxylation sites is 2. The van der Waals surface area contributed by atoms with Gasteiger partial charge in [0.2, 0.25) is 5.76 Å². The molecule has 4 rings (SSSR count). The van der Waals surface area contributed by atoms with Crippen molar-refractivity contribution in [3.63, 3.8) is 0 Å². The molecule has 0 bridgehead atoms. The lowest BCUT2D eigenvalue weighted by Crippen LogP contribution is -2.39. The number of carbonyl (C=O) groups excluding carboxylic acids is 1. The van der Waals surface area contributed by atoms with E-state index < -0.39 is 0 Å². The molecule has 0 unspecified atom stereocenters. The third-order valence-electron chi connectivity index (χ3n) is 4.94. The minimum atomic E-state index is -0.0646. The Kier molecular flexibility index (Phi) is 4.03. The van der Waals surface area contributed by atoms with Crippen LogP contribution in [0.2, 0.25) is 0 Å². The van der Waals surface area contributed by atoms with Crippen molar-refractivity contribution in [3.05, 3.63) is 47.6 Å². The zero-order chi connectivity index (χ0) is 17.4. The van der Waals surface area contributed by atoms with Crippen LogP contribution in [0, 0.1) is 6.92 Å². The smallest absolute Gasteiger partial charge is 0.292 e. The molecule has 6 heteroatoms. The molecule has 25 heavy (non-hydrogen) atoms. The van der Waals surface area contributed by atoms with Crippen LogP contribution in [-0.4, -0.2) is 38.6 Å². The third kappa shape index (κ3) is 2.81. The molecule has 6 nitrogen and oxygen atoms in total. The molecule has 1 aliphatic rings. The first-order valence-corrected chi connectivity index (χ1v) is 8.85. The second kappa shape index (κ2) is 6.35. The maximum atomic E-state index is 12.5. The highest BCUT2D eigenvalue weighted by molar-refractivity contribution is 5.91. The van der Waals surface area contributed by atoms with Gasteiger partial charge in [-0.3, -0.25) is 4.79 Å². The van der Waals surface area contributed by atoms with Crippen molar-refractivity contribution < 1.29 is 9.32 Å². The first-order valence-electron chi connectivity index (χ1n) is 8.85. The van der Waals surface area contributed by atoms with E-state index in [9.17, 15) is 4.79 Å². The lowest BCUT2D eigenvalue weighted by atomic mass is 10.0. The van der Waals surface area contributed by atoms with Gasteiger partial charge in [0.1, 0.15) is 5.82 Å². The zero-order valence-corrected chi connectivity index (χ0v) is 14.6. The number of aryl methyl sites for hydroxylation is 2. The number of aromatic nitrogens is 3. The summed E-state index contributed by atoms with van der Waals surface area (Å²) in [5.74, 6) is 1.39. The predicted octanol–water partition coefficient (Wildman–Crippen LogP) is 3.37. The number of piperidine rings is 1. The number of amides is 1. The molecule has 1 saturated heterocycles. The minimum absolute atomic E-state index is 0.0646. The molecule has 0 saturated carbocycles. The van der Waals surface area contributed by atoms with Crippen molar-refractivity contribution in [2.75, 3.05) is 13.1 Å². The van der Waals surface area contributed by atoms with Crippen LogP contribution >= 0.6 is 0 Å². The van der Waals surface area contributed by atoms with E-state index in [2.05, 4.69) is 34.8 Å². The minimum Gasteiger partial charge on any atom is -0.351 e. The van der Waals surface area contributed by atoms with E-state index in [1.807, 2.05) is 17.9 Å². The van der Waals surface area contributed by atoms with Gasteiger partial charge in [-0.05, 0) is 31.9 Å². The monoisotopic (exact) mass is 338 g/mol. The number of fused-ring (bicyclic) bond motifs is 1. The fourth-order valence-corrected chi connectivity index (χ4v) is 3.70. The summed E-state index contributed by atoms with van der Waals surface area (Å²) in [7, 11) is 0. The third-order valence-corrected chi connectivity index (χ3v) is 4.94. The van der Waals surface area contributed by atoms with Gasteiger partial charge >= 0.3 is 0 Å². The fraction of sp³-hybridized carbons (Fsp3) is 0.421. The summed E-state index contributed by atoms with van der Waals surface area (Å²) >= 11 is 0. The Morgan fingerprint density at radius 2 is 2.04 bits per heavy atom. The molecule has 1 fully saturated rings. The highest BCUT2D eigenvalue weighted by atomic mass is 16.5. The molecule has 1 aliphatic heterocycles. The summed E-state index contributed by atoms with van der Waals surface area (Å²) < 4.78 is 7.49. The van der Waals surface area contributed by atoms with Gasteiger partial charge < -0.3 is 14.0 Å². The first kappa shape index (κ1) is 15.9. The average molecular weight is 338 g/mol. The summed E-state index contributed by atoms with van der Waals surface area (Å²) in [5.41, 5.74) is 2.97. The number of rotatable bonds is 3. The number of benzene rings is 1. The van der Waals surface area contributed by atoms with Crippen molar-refractivity contribution in [2.45, 2.75) is 39.2 Å². The second-order valence-electron chi connectivity index (χ2n) is 6.60. The zero-order valence-electron chi connectivity index (χ0n) is 14.6. The van der Waals surface area contributed by atoms with E-state index in [0.29, 0.717) is 11.8 Å². The Morgan fingerprint density at radius 3 is 2.72 bits per heavy atom. The van der Waals surface area contributed by atoms with Crippen LogP contribution in [0.1, 0.15) is 47.9 Å². The number of carbonyl (C=O) groups is 1. The maximum absolute atomic E-state index is 12.5. The molecule has 3 heterocycles. The largest absolute Gasteiger partial charge is 0.351 e. The van der Waals surface area contributed by atoms with Crippen LogP contribution in [0.3, 0.4) is 0 Å². The van der Waals surface area contributed by atoms with E-state index in [0.717, 1.165) is 49.4 Å². The second-order valence-corrected chi connectivity index (χ2v) is 6.60. The quantitative estimate of drug-likeness (QED) is 0.734. The number of nitrogens with zero attached hydrogens (tertiary/aromatic N) is 4. The summed E-state index contributed by atoms with van der Waals surface area (Å²) in [5, 5.41) is 3.81. The molecule has 1 aromatic carbocycles. The van der Waals surface area contributed by atoms with Crippen LogP contribution in [0.4, 0.5) is 0 Å². The molecule has 1 amide bonds. The van der Waals surface area contributed by atoms with E-state index in [-0.39, 0.29) is 5.91 Å². The molecule has 3 aromatic rings. The molecule has 0 atom stereocenters. The van der Waals surface area contributed by atoms with Gasteiger partial charge in [0.05, 0.1) is 16.7 Å². The Hall–Kier alpha value is -2.63. The molecular formula is C19H22N4O2. The molecular weight excluding hydrogens is 316 g/mol. The van der Waals surface area contributed by atoms with Gasteiger partial charge in [-0.2, -0.15) is 0 Å². The van der Waals surface area contributed by atoms with Crippen molar-refractivity contribution in [2.24, 2.45) is 0 Å². The van der Waals surface area contributed by atoms with E-state index in [4.69, 9.17) is 9.51 Å². The normalized spacial score (nSPS) is 15.8. The van der Waals surface area contributed by atoms with Crippen molar-refractivity contribution in [1.82, 2.24) is 19.6 Å². The summed E-state index contributed by atoms with van der Waals surface area (Å²) in [6, 6.07) is 10.4. The Bertz CT molecular complexity index is 903. The lowest BCUT2D eigenvalue weighted by Gasteiger charge is -2.33. The van der Waals surface area contributed by atoms with Crippen molar-refractivity contribution >= 4 is 16.9 Å². The maximum Gasteiger partial charge on any atom is 0.292 e. The number of likely N-dealkylation sites (tertiary alicyclic amines) is 1. The van der Waals surface area contributed by atoms with Crippen molar-refractivity contribution in [3.8, 4) is 0 Å². The number of imidazole rings is 1. The van der Waals surface area contributed by atoms with Crippen molar-refractivity contribution in [1.29, 1.82) is 0 Å². The van der Waals surface area contributed by atoms with E-state index >= 15 is 0 Å². The molecule has 0 radical (unpaired) electrons.